The normalized spacial score (nSPS) is 11.1. The number of hydrogen-bond acceptors (Lipinski definition) is 4. The van der Waals surface area contributed by atoms with Gasteiger partial charge in [0.2, 0.25) is 0 Å². The molecule has 0 saturated carbocycles. The van der Waals surface area contributed by atoms with Crippen molar-refractivity contribution in [2.75, 3.05) is 19.5 Å². The maximum atomic E-state index is 12.9. The Bertz CT molecular complexity index is 645. The Morgan fingerprint density at radius 1 is 1.09 bits per heavy atom. The van der Waals surface area contributed by atoms with Gasteiger partial charge in [-0.1, -0.05) is 12.1 Å². The summed E-state index contributed by atoms with van der Waals surface area (Å²) in [4.78, 5) is 3.76. The lowest BCUT2D eigenvalue weighted by atomic mass is 10.1. The fourth-order valence-corrected chi connectivity index (χ4v) is 2.05. The van der Waals surface area contributed by atoms with Crippen LogP contribution in [-0.2, 0) is 12.7 Å². The number of benzene rings is 1. The van der Waals surface area contributed by atoms with Crippen molar-refractivity contribution in [1.29, 1.82) is 0 Å². The van der Waals surface area contributed by atoms with Crippen LogP contribution < -0.4 is 14.8 Å². The average molecular weight is 312 g/mol. The standard InChI is InChI=1S/C15H15F3N2O2/c1-21-12-7-3-5-10(13(12)22-2)9-20-14-11(15(16,17)18)6-4-8-19-14/h3-8H,9H2,1-2H3,(H,19,20). The topological polar surface area (TPSA) is 43.4 Å². The molecule has 118 valence electrons. The number of aromatic nitrogens is 1. The fraction of sp³-hybridized carbons (Fsp3) is 0.267. The largest absolute Gasteiger partial charge is 0.493 e. The molecule has 0 aliphatic heterocycles. The number of hydrogen-bond donors (Lipinski definition) is 1. The molecule has 1 aromatic heterocycles. The second kappa shape index (κ2) is 6.55. The van der Waals surface area contributed by atoms with Crippen molar-refractivity contribution in [3.05, 3.63) is 47.7 Å². The predicted octanol–water partition coefficient (Wildman–Crippen LogP) is 3.73. The number of nitrogens with one attached hydrogen (secondary N) is 1. The molecular formula is C15H15F3N2O2. The Kier molecular flexibility index (Phi) is 4.75. The second-order valence-corrected chi connectivity index (χ2v) is 4.40. The van der Waals surface area contributed by atoms with Gasteiger partial charge in [0.15, 0.2) is 11.5 Å². The maximum Gasteiger partial charge on any atom is 0.419 e. The van der Waals surface area contributed by atoms with Crippen LogP contribution in [0.1, 0.15) is 11.1 Å². The van der Waals surface area contributed by atoms with Crippen molar-refractivity contribution in [1.82, 2.24) is 4.98 Å². The molecule has 22 heavy (non-hydrogen) atoms. The first-order chi connectivity index (χ1) is 10.5. The summed E-state index contributed by atoms with van der Waals surface area (Å²) in [7, 11) is 2.97. The zero-order valence-electron chi connectivity index (χ0n) is 12.1. The quantitative estimate of drug-likeness (QED) is 0.913. The summed E-state index contributed by atoms with van der Waals surface area (Å²) in [6, 6.07) is 7.43. The second-order valence-electron chi connectivity index (χ2n) is 4.40. The van der Waals surface area contributed by atoms with Gasteiger partial charge < -0.3 is 14.8 Å². The van der Waals surface area contributed by atoms with Crippen LogP contribution >= 0.6 is 0 Å². The Morgan fingerprint density at radius 3 is 2.50 bits per heavy atom. The van der Waals surface area contributed by atoms with Crippen LogP contribution in [0.25, 0.3) is 0 Å². The number of alkyl halides is 3. The molecule has 0 saturated heterocycles. The average Bonchev–Trinajstić information content (AvgIpc) is 2.51. The van der Waals surface area contributed by atoms with Gasteiger partial charge in [0.05, 0.1) is 19.8 Å². The van der Waals surface area contributed by atoms with Crippen molar-refractivity contribution in [3.8, 4) is 11.5 Å². The molecule has 1 aromatic carbocycles. The predicted molar refractivity (Wildman–Crippen MR) is 76.1 cm³/mol. The Hall–Kier alpha value is -2.44. The van der Waals surface area contributed by atoms with Crippen LogP contribution in [0.3, 0.4) is 0 Å². The van der Waals surface area contributed by atoms with Crippen molar-refractivity contribution in [3.63, 3.8) is 0 Å². The van der Waals surface area contributed by atoms with Crippen LogP contribution in [0.5, 0.6) is 11.5 Å². The summed E-state index contributed by atoms with van der Waals surface area (Å²) in [5.41, 5.74) is -0.141. The lowest BCUT2D eigenvalue weighted by Crippen LogP contribution is -2.12. The number of anilines is 1. The van der Waals surface area contributed by atoms with E-state index in [0.717, 1.165) is 6.07 Å². The summed E-state index contributed by atoms with van der Waals surface area (Å²) in [5, 5.41) is 2.70. The molecule has 0 spiro atoms. The molecular weight excluding hydrogens is 297 g/mol. The molecule has 0 aliphatic rings. The number of rotatable bonds is 5. The van der Waals surface area contributed by atoms with Gasteiger partial charge >= 0.3 is 6.18 Å². The van der Waals surface area contributed by atoms with Crippen LogP contribution in [0.4, 0.5) is 19.0 Å². The van der Waals surface area contributed by atoms with Gasteiger partial charge in [0, 0.05) is 18.3 Å². The highest BCUT2D eigenvalue weighted by Gasteiger charge is 2.34. The first-order valence-corrected chi connectivity index (χ1v) is 6.43. The van der Waals surface area contributed by atoms with E-state index in [1.807, 2.05) is 0 Å². The minimum atomic E-state index is -4.46. The zero-order valence-corrected chi connectivity index (χ0v) is 12.1. The van der Waals surface area contributed by atoms with E-state index in [4.69, 9.17) is 9.47 Å². The van der Waals surface area contributed by atoms with Crippen molar-refractivity contribution >= 4 is 5.82 Å². The van der Waals surface area contributed by atoms with Crippen LogP contribution in [0, 0.1) is 0 Å². The minimum absolute atomic E-state index is 0.125. The van der Waals surface area contributed by atoms with Gasteiger partial charge in [0.1, 0.15) is 5.82 Å². The van der Waals surface area contributed by atoms with Gasteiger partial charge in [-0.05, 0) is 18.2 Å². The fourth-order valence-electron chi connectivity index (χ4n) is 2.05. The van der Waals surface area contributed by atoms with Crippen LogP contribution in [-0.4, -0.2) is 19.2 Å². The van der Waals surface area contributed by atoms with E-state index in [0.29, 0.717) is 17.1 Å². The Morgan fingerprint density at radius 2 is 1.86 bits per heavy atom. The van der Waals surface area contributed by atoms with Crippen molar-refractivity contribution < 1.29 is 22.6 Å². The van der Waals surface area contributed by atoms with E-state index in [-0.39, 0.29) is 12.4 Å². The number of nitrogens with zero attached hydrogens (tertiary/aromatic N) is 1. The summed E-state index contributed by atoms with van der Waals surface area (Å²) >= 11 is 0. The van der Waals surface area contributed by atoms with Crippen LogP contribution in [0.2, 0.25) is 0 Å². The summed E-state index contributed by atoms with van der Waals surface area (Å²) in [5.74, 6) is 0.765. The third-order valence-electron chi connectivity index (χ3n) is 3.04. The monoisotopic (exact) mass is 312 g/mol. The molecule has 4 nitrogen and oxygen atoms in total. The van der Waals surface area contributed by atoms with Gasteiger partial charge in [-0.3, -0.25) is 0 Å². The Labute approximate surface area is 125 Å². The summed E-state index contributed by atoms with van der Waals surface area (Å²) < 4.78 is 49.1. The lowest BCUT2D eigenvalue weighted by Gasteiger charge is -2.15. The van der Waals surface area contributed by atoms with Gasteiger partial charge in [-0.15, -0.1) is 0 Å². The SMILES string of the molecule is COc1cccc(CNc2ncccc2C(F)(F)F)c1OC. The van der Waals surface area contributed by atoms with E-state index in [9.17, 15) is 13.2 Å². The van der Waals surface area contributed by atoms with Crippen molar-refractivity contribution in [2.45, 2.75) is 12.7 Å². The molecule has 1 heterocycles. The number of halogens is 3. The molecule has 7 heteroatoms. The van der Waals surface area contributed by atoms with E-state index in [1.54, 1.807) is 18.2 Å². The van der Waals surface area contributed by atoms with E-state index < -0.39 is 11.7 Å². The Balaban J connectivity index is 2.25. The molecule has 2 rings (SSSR count). The molecule has 0 aliphatic carbocycles. The molecule has 1 N–H and O–H groups in total. The molecule has 0 unspecified atom stereocenters. The maximum absolute atomic E-state index is 12.9. The smallest absolute Gasteiger partial charge is 0.419 e. The highest BCUT2D eigenvalue weighted by molar-refractivity contribution is 5.50. The number of pyridine rings is 1. The highest BCUT2D eigenvalue weighted by Crippen LogP contribution is 2.35. The lowest BCUT2D eigenvalue weighted by molar-refractivity contribution is -0.137. The minimum Gasteiger partial charge on any atom is -0.493 e. The number of para-hydroxylation sites is 1. The zero-order chi connectivity index (χ0) is 16.2. The molecule has 2 aromatic rings. The van der Waals surface area contributed by atoms with Gasteiger partial charge in [-0.25, -0.2) is 4.98 Å². The van der Waals surface area contributed by atoms with Crippen LogP contribution in [0.15, 0.2) is 36.5 Å². The van der Waals surface area contributed by atoms with Gasteiger partial charge in [-0.2, -0.15) is 13.2 Å². The third-order valence-corrected chi connectivity index (χ3v) is 3.04. The molecule has 0 amide bonds. The van der Waals surface area contributed by atoms with E-state index >= 15 is 0 Å². The molecule has 0 atom stereocenters. The summed E-state index contributed by atoms with van der Waals surface area (Å²) in [6.07, 6.45) is -3.16. The summed E-state index contributed by atoms with van der Waals surface area (Å²) in [6.45, 7) is 0.125. The van der Waals surface area contributed by atoms with Gasteiger partial charge in [0.25, 0.3) is 0 Å². The number of methoxy groups -OCH3 is 2. The first kappa shape index (κ1) is 15.9. The van der Waals surface area contributed by atoms with Crippen molar-refractivity contribution in [2.24, 2.45) is 0 Å². The molecule has 0 radical (unpaired) electrons. The molecule has 0 bridgehead atoms. The van der Waals surface area contributed by atoms with E-state index in [1.165, 1.54) is 26.5 Å². The first-order valence-electron chi connectivity index (χ1n) is 6.43. The third kappa shape index (κ3) is 3.41. The van der Waals surface area contributed by atoms with E-state index in [2.05, 4.69) is 10.3 Å². The number of ether oxygens (including phenoxy) is 2. The molecule has 0 fully saturated rings. The highest BCUT2D eigenvalue weighted by atomic mass is 19.4.